The molecule has 2 aromatic carbocycles. The van der Waals surface area contributed by atoms with Crippen molar-refractivity contribution in [2.45, 2.75) is 37.6 Å². The number of hydrogen-bond acceptors (Lipinski definition) is 6. The van der Waals surface area contributed by atoms with Gasteiger partial charge in [0.1, 0.15) is 0 Å². The van der Waals surface area contributed by atoms with Crippen molar-refractivity contribution >= 4 is 35.0 Å². The predicted octanol–water partition coefficient (Wildman–Crippen LogP) is 6.35. The van der Waals surface area contributed by atoms with Crippen molar-refractivity contribution < 1.29 is 4.42 Å². The summed E-state index contributed by atoms with van der Waals surface area (Å²) in [6.07, 6.45) is 0. The number of aryl methyl sites for hydroxylation is 1. The van der Waals surface area contributed by atoms with E-state index in [1.807, 2.05) is 22.8 Å². The molecule has 0 saturated heterocycles. The minimum atomic E-state index is 0.313. The highest BCUT2D eigenvalue weighted by molar-refractivity contribution is 7.98. The molecule has 0 fully saturated rings. The van der Waals surface area contributed by atoms with Crippen LogP contribution in [0.5, 0.6) is 0 Å². The third kappa shape index (κ3) is 4.24. The van der Waals surface area contributed by atoms with Gasteiger partial charge in [0.25, 0.3) is 0 Å². The summed E-state index contributed by atoms with van der Waals surface area (Å²) >= 11 is 14.1. The fourth-order valence-corrected chi connectivity index (χ4v) is 4.40. The van der Waals surface area contributed by atoms with Crippen LogP contribution in [0.3, 0.4) is 0 Å². The van der Waals surface area contributed by atoms with Crippen LogP contribution in [0.1, 0.15) is 37.1 Å². The molecule has 0 spiro atoms. The van der Waals surface area contributed by atoms with E-state index in [-0.39, 0.29) is 0 Å². The zero-order chi connectivity index (χ0) is 21.3. The Labute approximate surface area is 188 Å². The molecule has 0 saturated carbocycles. The molecule has 0 amide bonds. The van der Waals surface area contributed by atoms with Gasteiger partial charge in [-0.25, -0.2) is 0 Å². The number of aromatic nitrogens is 5. The molecule has 0 radical (unpaired) electrons. The van der Waals surface area contributed by atoms with E-state index in [1.165, 1.54) is 17.3 Å². The molecule has 0 aliphatic heterocycles. The van der Waals surface area contributed by atoms with Crippen molar-refractivity contribution in [3.63, 3.8) is 0 Å². The fourth-order valence-electron chi connectivity index (χ4n) is 3.13. The highest BCUT2D eigenvalue weighted by atomic mass is 35.5. The van der Waals surface area contributed by atoms with E-state index < -0.39 is 0 Å². The number of benzene rings is 2. The third-order valence-corrected chi connectivity index (χ3v) is 5.96. The first-order chi connectivity index (χ1) is 14.4. The molecule has 9 heteroatoms. The molecule has 0 N–H and O–H groups in total. The Morgan fingerprint density at radius 3 is 2.53 bits per heavy atom. The summed E-state index contributed by atoms with van der Waals surface area (Å²) in [5.74, 6) is 2.51. The molecule has 30 heavy (non-hydrogen) atoms. The zero-order valence-corrected chi connectivity index (χ0v) is 19.0. The number of thioether (sulfide) groups is 1. The van der Waals surface area contributed by atoms with Gasteiger partial charge in [0.2, 0.25) is 11.8 Å². The average Bonchev–Trinajstić information content (AvgIpc) is 3.32. The molecule has 154 valence electrons. The van der Waals surface area contributed by atoms with Crippen LogP contribution in [0.2, 0.25) is 10.0 Å². The lowest BCUT2D eigenvalue weighted by Gasteiger charge is -2.17. The molecule has 2 heterocycles. The highest BCUT2D eigenvalue weighted by Gasteiger charge is 2.21. The largest absolute Gasteiger partial charge is 0.425 e. The Morgan fingerprint density at radius 1 is 1.03 bits per heavy atom. The van der Waals surface area contributed by atoms with Crippen LogP contribution in [0.15, 0.2) is 52.0 Å². The Hall–Kier alpha value is -2.35. The summed E-state index contributed by atoms with van der Waals surface area (Å²) in [5, 5.41) is 18.7. The Kier molecular flexibility index (Phi) is 6.13. The van der Waals surface area contributed by atoms with Crippen molar-refractivity contribution in [2.75, 3.05) is 0 Å². The molecule has 6 nitrogen and oxygen atoms in total. The average molecular weight is 460 g/mol. The van der Waals surface area contributed by atoms with Gasteiger partial charge in [-0.1, -0.05) is 67.0 Å². The van der Waals surface area contributed by atoms with Crippen LogP contribution >= 0.6 is 35.0 Å². The minimum Gasteiger partial charge on any atom is -0.425 e. The third-order valence-electron chi connectivity index (χ3n) is 4.50. The van der Waals surface area contributed by atoms with Gasteiger partial charge >= 0.3 is 0 Å². The quantitative estimate of drug-likeness (QED) is 0.313. The molecule has 0 aliphatic rings. The molecule has 0 unspecified atom stereocenters. The lowest BCUT2D eigenvalue weighted by Crippen LogP contribution is -2.05. The van der Waals surface area contributed by atoms with Crippen LogP contribution in [0, 0.1) is 6.92 Å². The van der Waals surface area contributed by atoms with Gasteiger partial charge in [-0.2, -0.15) is 0 Å². The second-order valence-electron chi connectivity index (χ2n) is 6.98. The van der Waals surface area contributed by atoms with Gasteiger partial charge in [0, 0.05) is 17.5 Å². The van der Waals surface area contributed by atoms with E-state index in [4.69, 9.17) is 27.6 Å². The minimum absolute atomic E-state index is 0.313. The lowest BCUT2D eigenvalue weighted by molar-refractivity contribution is 0.485. The maximum atomic E-state index is 6.51. The van der Waals surface area contributed by atoms with Crippen molar-refractivity contribution in [3.05, 3.63) is 69.9 Å². The smallest absolute Gasteiger partial charge is 0.226 e. The van der Waals surface area contributed by atoms with Crippen LogP contribution < -0.4 is 0 Å². The standard InChI is InChI=1S/C21H19Cl2N5OS/c1-12(2)15-6-4-5-7-18(15)28-20(16-9-8-14(22)10-17(16)23)26-27-21(28)30-11-19-25-24-13(3)29-19/h4-10,12H,11H2,1-3H3. The van der Waals surface area contributed by atoms with E-state index in [0.29, 0.717) is 44.5 Å². The van der Waals surface area contributed by atoms with Gasteiger partial charge < -0.3 is 4.42 Å². The second-order valence-corrected chi connectivity index (χ2v) is 8.77. The number of rotatable bonds is 6. The van der Waals surface area contributed by atoms with Gasteiger partial charge in [-0.15, -0.1) is 20.4 Å². The molecule has 4 aromatic rings. The Balaban J connectivity index is 1.84. The highest BCUT2D eigenvalue weighted by Crippen LogP contribution is 2.36. The van der Waals surface area contributed by atoms with Crippen LogP contribution in [0.4, 0.5) is 0 Å². The van der Waals surface area contributed by atoms with Crippen molar-refractivity contribution in [2.24, 2.45) is 0 Å². The van der Waals surface area contributed by atoms with E-state index >= 15 is 0 Å². The normalized spacial score (nSPS) is 11.4. The molecule has 0 atom stereocenters. The monoisotopic (exact) mass is 459 g/mol. The number of hydrogen-bond donors (Lipinski definition) is 0. The molecular weight excluding hydrogens is 441 g/mol. The summed E-state index contributed by atoms with van der Waals surface area (Å²) in [6, 6.07) is 13.6. The van der Waals surface area contributed by atoms with E-state index in [9.17, 15) is 0 Å². The first-order valence-corrected chi connectivity index (χ1v) is 11.1. The predicted molar refractivity (Wildman–Crippen MR) is 120 cm³/mol. The van der Waals surface area contributed by atoms with Gasteiger partial charge in [-0.3, -0.25) is 4.57 Å². The Bertz CT molecular complexity index is 1190. The molecule has 4 rings (SSSR count). The SMILES string of the molecule is Cc1nnc(CSc2nnc(-c3ccc(Cl)cc3Cl)n2-c2ccccc2C(C)C)o1. The summed E-state index contributed by atoms with van der Waals surface area (Å²) < 4.78 is 7.53. The van der Waals surface area contributed by atoms with Crippen molar-refractivity contribution in [1.29, 1.82) is 0 Å². The Morgan fingerprint density at radius 2 is 1.83 bits per heavy atom. The molecule has 0 bridgehead atoms. The fraction of sp³-hybridized carbons (Fsp3) is 0.238. The van der Waals surface area contributed by atoms with Gasteiger partial charge in [0.05, 0.1) is 16.5 Å². The summed E-state index contributed by atoms with van der Waals surface area (Å²) in [5.41, 5.74) is 2.94. The van der Waals surface area contributed by atoms with Crippen molar-refractivity contribution in [1.82, 2.24) is 25.0 Å². The maximum Gasteiger partial charge on any atom is 0.226 e. The molecule has 2 aromatic heterocycles. The number of para-hydroxylation sites is 1. The van der Waals surface area contributed by atoms with Crippen LogP contribution in [-0.4, -0.2) is 25.0 Å². The number of halogens is 2. The van der Waals surface area contributed by atoms with Crippen LogP contribution in [-0.2, 0) is 5.75 Å². The van der Waals surface area contributed by atoms with Gasteiger partial charge in [-0.05, 0) is 35.7 Å². The molecular formula is C21H19Cl2N5OS. The topological polar surface area (TPSA) is 69.6 Å². The van der Waals surface area contributed by atoms with E-state index in [2.05, 4.69) is 46.4 Å². The zero-order valence-electron chi connectivity index (χ0n) is 16.6. The van der Waals surface area contributed by atoms with Crippen molar-refractivity contribution in [3.8, 4) is 17.1 Å². The maximum absolute atomic E-state index is 6.51. The summed E-state index contributed by atoms with van der Waals surface area (Å²) in [4.78, 5) is 0. The first-order valence-electron chi connectivity index (χ1n) is 9.36. The molecule has 0 aliphatic carbocycles. The number of nitrogens with zero attached hydrogens (tertiary/aromatic N) is 5. The second kappa shape index (κ2) is 8.79. The summed E-state index contributed by atoms with van der Waals surface area (Å²) in [6.45, 7) is 6.08. The van der Waals surface area contributed by atoms with E-state index in [1.54, 1.807) is 19.1 Å². The van der Waals surface area contributed by atoms with Crippen LogP contribution in [0.25, 0.3) is 17.1 Å². The summed E-state index contributed by atoms with van der Waals surface area (Å²) in [7, 11) is 0. The van der Waals surface area contributed by atoms with E-state index in [0.717, 1.165) is 11.3 Å². The first kappa shape index (κ1) is 20.9. The van der Waals surface area contributed by atoms with Gasteiger partial charge in [0.15, 0.2) is 11.0 Å². The lowest BCUT2D eigenvalue weighted by atomic mass is 10.0.